The molecular weight excluding hydrogens is 370 g/mol. The highest BCUT2D eigenvalue weighted by atomic mass is 32.2. The fourth-order valence-electron chi connectivity index (χ4n) is 2.79. The summed E-state index contributed by atoms with van der Waals surface area (Å²) in [7, 11) is 0. The quantitative estimate of drug-likeness (QED) is 0.635. The minimum atomic E-state index is -0.387. The lowest BCUT2D eigenvalue weighted by atomic mass is 9.85. The number of imide groups is 1. The second-order valence-electron chi connectivity index (χ2n) is 7.73. The highest BCUT2D eigenvalue weighted by molar-refractivity contribution is 8.18. The van der Waals surface area contributed by atoms with E-state index in [2.05, 4.69) is 44.8 Å². The summed E-state index contributed by atoms with van der Waals surface area (Å²) in [5.74, 6) is 0.918. The summed E-state index contributed by atoms with van der Waals surface area (Å²) in [6.07, 6.45) is 1.67. The van der Waals surface area contributed by atoms with E-state index in [1.54, 1.807) is 6.08 Å². The standard InChI is InChI=1S/C23H23NO3S/c1-14(2)17-13-16(23(3,4)5)10-11-19(17)27-18-9-7-6-8-15(18)12-20-21(25)24-22(26)28-20/h6-13H,1H2,2-5H3,(H,24,25,26)/b20-12-. The zero-order valence-electron chi connectivity index (χ0n) is 16.5. The monoisotopic (exact) mass is 393 g/mol. The van der Waals surface area contributed by atoms with Gasteiger partial charge in [0.15, 0.2) is 0 Å². The summed E-state index contributed by atoms with van der Waals surface area (Å²) < 4.78 is 6.21. The summed E-state index contributed by atoms with van der Waals surface area (Å²) in [5, 5.41) is 1.90. The first-order chi connectivity index (χ1) is 13.1. The molecule has 2 aromatic carbocycles. The van der Waals surface area contributed by atoms with Gasteiger partial charge in [0, 0.05) is 11.1 Å². The average molecular weight is 394 g/mol. The van der Waals surface area contributed by atoms with E-state index >= 15 is 0 Å². The molecule has 0 atom stereocenters. The maximum Gasteiger partial charge on any atom is 0.290 e. The first kappa shape index (κ1) is 20.0. The molecule has 0 aromatic heterocycles. The van der Waals surface area contributed by atoms with Crippen LogP contribution < -0.4 is 10.1 Å². The molecule has 1 N–H and O–H groups in total. The van der Waals surface area contributed by atoms with Gasteiger partial charge in [-0.1, -0.05) is 51.6 Å². The van der Waals surface area contributed by atoms with Gasteiger partial charge in [-0.25, -0.2) is 0 Å². The second-order valence-corrected chi connectivity index (χ2v) is 8.75. The Hall–Kier alpha value is -2.79. The smallest absolute Gasteiger partial charge is 0.290 e. The first-order valence-electron chi connectivity index (χ1n) is 8.97. The van der Waals surface area contributed by atoms with Crippen molar-refractivity contribution in [3.63, 3.8) is 0 Å². The fourth-order valence-corrected chi connectivity index (χ4v) is 3.47. The zero-order chi connectivity index (χ0) is 20.5. The Morgan fingerprint density at radius 2 is 1.82 bits per heavy atom. The fraction of sp³-hybridized carbons (Fsp3) is 0.217. The molecular formula is C23H23NO3S. The van der Waals surface area contributed by atoms with Gasteiger partial charge in [-0.2, -0.15) is 0 Å². The zero-order valence-corrected chi connectivity index (χ0v) is 17.3. The minimum Gasteiger partial charge on any atom is -0.456 e. The number of nitrogens with one attached hydrogen (secondary N) is 1. The molecule has 0 spiro atoms. The summed E-state index contributed by atoms with van der Waals surface area (Å²) in [6, 6.07) is 13.5. The van der Waals surface area contributed by atoms with Gasteiger partial charge in [0.2, 0.25) is 0 Å². The third kappa shape index (κ3) is 4.37. The van der Waals surface area contributed by atoms with Gasteiger partial charge in [-0.05, 0) is 59.5 Å². The number of amides is 2. The van der Waals surface area contributed by atoms with Crippen molar-refractivity contribution in [2.24, 2.45) is 0 Å². The Balaban J connectivity index is 1.99. The average Bonchev–Trinajstić information content (AvgIpc) is 2.93. The van der Waals surface area contributed by atoms with Crippen molar-refractivity contribution in [2.75, 3.05) is 0 Å². The molecule has 0 aliphatic carbocycles. The number of carbonyl (C=O) groups excluding carboxylic acids is 2. The van der Waals surface area contributed by atoms with Crippen molar-refractivity contribution < 1.29 is 14.3 Å². The van der Waals surface area contributed by atoms with E-state index in [4.69, 9.17) is 4.74 Å². The van der Waals surface area contributed by atoms with Gasteiger partial charge in [-0.15, -0.1) is 0 Å². The third-order valence-electron chi connectivity index (χ3n) is 4.37. The van der Waals surface area contributed by atoms with Crippen LogP contribution in [0.4, 0.5) is 4.79 Å². The van der Waals surface area contributed by atoms with Crippen LogP contribution in [0.2, 0.25) is 0 Å². The first-order valence-corrected chi connectivity index (χ1v) is 9.79. The highest BCUT2D eigenvalue weighted by Gasteiger charge is 2.25. The molecule has 1 fully saturated rings. The van der Waals surface area contributed by atoms with Crippen molar-refractivity contribution in [3.8, 4) is 11.5 Å². The lowest BCUT2D eigenvalue weighted by molar-refractivity contribution is -0.115. The Morgan fingerprint density at radius 3 is 2.43 bits per heavy atom. The van der Waals surface area contributed by atoms with E-state index in [-0.39, 0.29) is 16.6 Å². The highest BCUT2D eigenvalue weighted by Crippen LogP contribution is 2.36. The molecule has 3 rings (SSSR count). The number of thioether (sulfide) groups is 1. The molecule has 0 saturated carbocycles. The van der Waals surface area contributed by atoms with E-state index in [1.807, 2.05) is 37.3 Å². The lowest BCUT2D eigenvalue weighted by Gasteiger charge is -2.22. The number of ether oxygens (including phenoxy) is 1. The SMILES string of the molecule is C=C(C)c1cc(C(C)(C)C)ccc1Oc1ccccc1/C=C1\SC(=O)NC1=O. The molecule has 1 aliphatic heterocycles. The van der Waals surface area contributed by atoms with Crippen LogP contribution in [-0.4, -0.2) is 11.1 Å². The number of rotatable bonds is 4. The molecule has 1 saturated heterocycles. The largest absolute Gasteiger partial charge is 0.456 e. The van der Waals surface area contributed by atoms with Crippen molar-refractivity contribution in [2.45, 2.75) is 33.1 Å². The number of hydrogen-bond donors (Lipinski definition) is 1. The van der Waals surface area contributed by atoms with E-state index < -0.39 is 0 Å². The molecule has 4 nitrogen and oxygen atoms in total. The summed E-state index contributed by atoms with van der Waals surface area (Å²) >= 11 is 0.888. The molecule has 0 bridgehead atoms. The molecule has 2 aromatic rings. The van der Waals surface area contributed by atoms with Gasteiger partial charge < -0.3 is 4.74 Å². The van der Waals surface area contributed by atoms with Gasteiger partial charge in [0.05, 0.1) is 4.91 Å². The number of hydrogen-bond acceptors (Lipinski definition) is 4. The van der Waals surface area contributed by atoms with Crippen LogP contribution in [0, 0.1) is 0 Å². The number of carbonyl (C=O) groups is 2. The van der Waals surface area contributed by atoms with Crippen LogP contribution in [0.25, 0.3) is 11.6 Å². The van der Waals surface area contributed by atoms with E-state index in [0.29, 0.717) is 16.4 Å². The van der Waals surface area contributed by atoms with E-state index in [9.17, 15) is 9.59 Å². The van der Waals surface area contributed by atoms with Crippen LogP contribution >= 0.6 is 11.8 Å². The Kier molecular flexibility index (Phi) is 5.47. The van der Waals surface area contributed by atoms with Crippen molar-refractivity contribution in [1.82, 2.24) is 5.32 Å². The van der Waals surface area contributed by atoms with E-state index in [1.165, 1.54) is 5.56 Å². The predicted molar refractivity (Wildman–Crippen MR) is 115 cm³/mol. The van der Waals surface area contributed by atoms with Crippen LogP contribution in [-0.2, 0) is 10.2 Å². The Labute approximate surface area is 169 Å². The number of para-hydroxylation sites is 1. The van der Waals surface area contributed by atoms with Crippen LogP contribution in [0.1, 0.15) is 44.4 Å². The Morgan fingerprint density at radius 1 is 1.11 bits per heavy atom. The van der Waals surface area contributed by atoms with Crippen molar-refractivity contribution in [1.29, 1.82) is 0 Å². The minimum absolute atomic E-state index is 0.0185. The normalized spacial score (nSPS) is 15.6. The maximum atomic E-state index is 11.9. The predicted octanol–water partition coefficient (Wildman–Crippen LogP) is 6.13. The maximum absolute atomic E-state index is 11.9. The topological polar surface area (TPSA) is 55.4 Å². The molecule has 5 heteroatoms. The van der Waals surface area contributed by atoms with Gasteiger partial charge >= 0.3 is 0 Å². The molecule has 28 heavy (non-hydrogen) atoms. The molecule has 0 radical (unpaired) electrons. The van der Waals surface area contributed by atoms with Crippen LogP contribution in [0.3, 0.4) is 0 Å². The number of allylic oxidation sites excluding steroid dienone is 1. The van der Waals surface area contributed by atoms with Gasteiger partial charge in [0.25, 0.3) is 11.1 Å². The summed E-state index contributed by atoms with van der Waals surface area (Å²) in [4.78, 5) is 23.6. The van der Waals surface area contributed by atoms with Gasteiger partial charge in [-0.3, -0.25) is 14.9 Å². The third-order valence-corrected chi connectivity index (χ3v) is 5.18. The van der Waals surface area contributed by atoms with Crippen LogP contribution in [0.5, 0.6) is 11.5 Å². The van der Waals surface area contributed by atoms with Crippen LogP contribution in [0.15, 0.2) is 53.9 Å². The summed E-state index contributed by atoms with van der Waals surface area (Å²) in [6.45, 7) is 12.5. The van der Waals surface area contributed by atoms with Crippen molar-refractivity contribution in [3.05, 3.63) is 70.6 Å². The van der Waals surface area contributed by atoms with Gasteiger partial charge in [0.1, 0.15) is 11.5 Å². The van der Waals surface area contributed by atoms with Crippen molar-refractivity contribution >= 4 is 34.6 Å². The lowest BCUT2D eigenvalue weighted by Crippen LogP contribution is -2.17. The summed E-state index contributed by atoms with van der Waals surface area (Å²) in [5.41, 5.74) is 3.80. The Bertz CT molecular complexity index is 999. The molecule has 0 unspecified atom stereocenters. The molecule has 1 aliphatic rings. The molecule has 2 amide bonds. The van der Waals surface area contributed by atoms with E-state index in [0.717, 1.165) is 28.5 Å². The molecule has 1 heterocycles. The number of benzene rings is 2. The second kappa shape index (κ2) is 7.68. The molecule has 144 valence electrons.